The van der Waals surface area contributed by atoms with Crippen molar-refractivity contribution in [2.75, 3.05) is 4.90 Å². The maximum absolute atomic E-state index is 7.94. The smallest absolute Gasteiger partial charge is 0.238 e. The van der Waals surface area contributed by atoms with Crippen molar-refractivity contribution < 1.29 is 4.74 Å². The number of rotatable bonds is 14. The van der Waals surface area contributed by atoms with Crippen molar-refractivity contribution in [3.8, 4) is 120 Å². The molecule has 590 valence electrons. The number of fused-ring (bicyclic) bond motifs is 13. The molecular formula is C112H76N12O. The lowest BCUT2D eigenvalue weighted by Crippen LogP contribution is -2.33. The van der Waals surface area contributed by atoms with E-state index in [4.69, 9.17) is 44.6 Å². The van der Waals surface area contributed by atoms with Crippen LogP contribution in [-0.4, -0.2) is 53.6 Å². The van der Waals surface area contributed by atoms with Crippen LogP contribution in [0, 0.1) is 0 Å². The van der Waals surface area contributed by atoms with Crippen molar-refractivity contribution in [3.63, 3.8) is 0 Å². The van der Waals surface area contributed by atoms with Gasteiger partial charge >= 0.3 is 0 Å². The molecule has 1 unspecified atom stereocenters. The Balaban J connectivity index is 0.763. The minimum atomic E-state index is -0.855. The van der Waals surface area contributed by atoms with Crippen molar-refractivity contribution >= 4 is 82.5 Å². The third kappa shape index (κ3) is 11.8. The van der Waals surface area contributed by atoms with Crippen LogP contribution in [0.5, 0.6) is 11.5 Å². The molecule has 22 aromatic rings. The molecule has 0 N–H and O–H groups in total. The monoisotopic (exact) mass is 1600 g/mol. The summed E-state index contributed by atoms with van der Waals surface area (Å²) in [4.78, 5) is 46.6. The first-order valence-electron chi connectivity index (χ1n) is 42.4. The van der Waals surface area contributed by atoms with Gasteiger partial charge in [0.25, 0.3) is 0 Å². The van der Waals surface area contributed by atoms with E-state index < -0.39 is 5.41 Å². The maximum atomic E-state index is 7.94. The van der Waals surface area contributed by atoms with Crippen molar-refractivity contribution in [1.29, 1.82) is 0 Å². The molecular weight excluding hydrogens is 1530 g/mol. The summed E-state index contributed by atoms with van der Waals surface area (Å²) in [5.41, 5.74) is 23.6. The molecule has 13 heteroatoms. The molecule has 13 nitrogen and oxygen atoms in total. The van der Waals surface area contributed by atoms with E-state index in [0.717, 1.165) is 156 Å². The standard InChI is InChI=1S/C112H76N12O/c1-111(2)86-51-23-29-59-98(86)123(99-60-30-24-52-87(99)111)100-61-33-54-89-103(100)125-102-83(108-117-104(72-36-11-5-12-37-72)115-105(118-108)73-38-13-6-14-39-73)50-32-53-88(102)112(89,3)69-70-62-64-97(122-94-57-27-22-47-80(94)84-67-76(63-65-96(84)122)121-92-55-25-19-44-77(92)78-45-20-26-56-93(78)121)85(66-70)109-113-90(71-34-9-4-10-35-71)68-91(114-109)82-49-31-48-81-79-46-21-28-58-95(79)124(101(81)82)110-119-106(74-40-15-7-16-41-74)116-107(120-110)75-42-17-8-18-43-75/h4-68H,69H2,1-3H3. The van der Waals surface area contributed by atoms with Gasteiger partial charge in [0, 0.05) is 98.9 Å². The zero-order chi connectivity index (χ0) is 83.0. The zero-order valence-electron chi connectivity index (χ0n) is 68.5. The Labute approximate surface area is 720 Å². The molecule has 0 amide bonds. The van der Waals surface area contributed by atoms with Gasteiger partial charge in [-0.25, -0.2) is 29.9 Å². The second-order valence-electron chi connectivity index (χ2n) is 33.2. The Morgan fingerprint density at radius 2 is 0.664 bits per heavy atom. The minimum Gasteiger partial charge on any atom is -0.454 e. The first-order valence-corrected chi connectivity index (χ1v) is 42.4. The Kier molecular flexibility index (Phi) is 16.8. The van der Waals surface area contributed by atoms with Crippen LogP contribution in [0.3, 0.4) is 0 Å². The summed E-state index contributed by atoms with van der Waals surface area (Å²) < 4.78 is 15.0. The fourth-order valence-corrected chi connectivity index (χ4v) is 19.6. The number of benzene rings is 16. The first kappa shape index (κ1) is 72.6. The predicted molar refractivity (Wildman–Crippen MR) is 505 cm³/mol. The number of anilines is 3. The summed E-state index contributed by atoms with van der Waals surface area (Å²) in [7, 11) is 0. The molecule has 0 saturated heterocycles. The van der Waals surface area contributed by atoms with Gasteiger partial charge in [0.2, 0.25) is 5.95 Å². The second-order valence-corrected chi connectivity index (χ2v) is 33.2. The van der Waals surface area contributed by atoms with Gasteiger partial charge in [0.15, 0.2) is 40.7 Å². The molecule has 0 bridgehead atoms. The number of hydrogen-bond donors (Lipinski definition) is 0. The average molecular weight is 1610 g/mol. The van der Waals surface area contributed by atoms with E-state index in [-0.39, 0.29) is 5.41 Å². The number of aromatic nitrogens is 11. The van der Waals surface area contributed by atoms with E-state index >= 15 is 0 Å². The Morgan fingerprint density at radius 3 is 1.24 bits per heavy atom. The summed E-state index contributed by atoms with van der Waals surface area (Å²) in [5, 5.41) is 6.65. The van der Waals surface area contributed by atoms with Gasteiger partial charge in [-0.3, -0.25) is 4.57 Å². The van der Waals surface area contributed by atoms with Crippen molar-refractivity contribution in [2.45, 2.75) is 38.0 Å². The van der Waals surface area contributed by atoms with E-state index in [1.807, 2.05) is 72.8 Å². The van der Waals surface area contributed by atoms with Crippen molar-refractivity contribution in [1.82, 2.24) is 53.6 Å². The molecule has 16 aromatic carbocycles. The Morgan fingerprint density at radius 1 is 0.256 bits per heavy atom. The molecule has 8 heterocycles. The van der Waals surface area contributed by atoms with Crippen LogP contribution >= 0.6 is 0 Å². The number of hydrogen-bond acceptors (Lipinski definition) is 10. The molecule has 1 atom stereocenters. The lowest BCUT2D eigenvalue weighted by Gasteiger charge is -2.44. The summed E-state index contributed by atoms with van der Waals surface area (Å²) in [6.07, 6.45) is 0.473. The molecule has 0 aliphatic carbocycles. The highest BCUT2D eigenvalue weighted by atomic mass is 16.5. The highest BCUT2D eigenvalue weighted by Crippen LogP contribution is 2.60. The van der Waals surface area contributed by atoms with Crippen LogP contribution in [0.1, 0.15) is 48.6 Å². The van der Waals surface area contributed by atoms with Crippen LogP contribution in [0.25, 0.3) is 174 Å². The van der Waals surface area contributed by atoms with E-state index in [9.17, 15) is 0 Å². The van der Waals surface area contributed by atoms with Crippen molar-refractivity contribution in [3.05, 3.63) is 422 Å². The lowest BCUT2D eigenvalue weighted by atomic mass is 9.69. The van der Waals surface area contributed by atoms with E-state index in [2.05, 4.69) is 361 Å². The largest absolute Gasteiger partial charge is 0.454 e. The predicted octanol–water partition coefficient (Wildman–Crippen LogP) is 27.2. The topological polar surface area (TPSA) is 130 Å². The molecule has 0 fully saturated rings. The van der Waals surface area contributed by atoms with Crippen LogP contribution in [-0.2, 0) is 17.3 Å². The van der Waals surface area contributed by atoms with Gasteiger partial charge in [0.05, 0.1) is 72.8 Å². The van der Waals surface area contributed by atoms with Gasteiger partial charge in [-0.2, -0.15) is 9.97 Å². The molecule has 0 saturated carbocycles. The van der Waals surface area contributed by atoms with Gasteiger partial charge in [-0.05, 0) is 108 Å². The molecule has 0 spiro atoms. The highest BCUT2D eigenvalue weighted by Gasteiger charge is 2.45. The third-order valence-electron chi connectivity index (χ3n) is 25.5. The van der Waals surface area contributed by atoms with Gasteiger partial charge in [0.1, 0.15) is 5.75 Å². The first-order chi connectivity index (χ1) is 61.6. The summed E-state index contributed by atoms with van der Waals surface area (Å²) in [6.45, 7) is 7.05. The van der Waals surface area contributed by atoms with Crippen LogP contribution < -0.4 is 9.64 Å². The van der Waals surface area contributed by atoms with Gasteiger partial charge in [-0.15, -0.1) is 0 Å². The molecule has 24 rings (SSSR count). The Hall–Kier alpha value is -16.4. The van der Waals surface area contributed by atoms with E-state index in [0.29, 0.717) is 58.8 Å². The van der Waals surface area contributed by atoms with Crippen LogP contribution in [0.15, 0.2) is 394 Å². The molecule has 6 aromatic heterocycles. The number of ether oxygens (including phenoxy) is 1. The molecule has 2 aliphatic rings. The molecule has 125 heavy (non-hydrogen) atoms. The molecule has 2 aliphatic heterocycles. The average Bonchev–Trinajstić information content (AvgIpc) is 1.59. The number of nitrogens with zero attached hydrogens (tertiary/aromatic N) is 12. The van der Waals surface area contributed by atoms with Crippen LogP contribution in [0.4, 0.5) is 17.1 Å². The highest BCUT2D eigenvalue weighted by molar-refractivity contribution is 6.15. The third-order valence-corrected chi connectivity index (χ3v) is 25.5. The fourth-order valence-electron chi connectivity index (χ4n) is 19.6. The van der Waals surface area contributed by atoms with E-state index in [1.165, 1.54) is 21.9 Å². The summed E-state index contributed by atoms with van der Waals surface area (Å²) in [6, 6.07) is 139. The number of para-hydroxylation sites is 9. The second kappa shape index (κ2) is 28.9. The zero-order valence-corrected chi connectivity index (χ0v) is 68.5. The van der Waals surface area contributed by atoms with Crippen LogP contribution in [0.2, 0.25) is 0 Å². The Bertz CT molecular complexity index is 7890. The summed E-state index contributed by atoms with van der Waals surface area (Å²) >= 11 is 0. The van der Waals surface area contributed by atoms with Gasteiger partial charge < -0.3 is 18.8 Å². The van der Waals surface area contributed by atoms with Crippen molar-refractivity contribution in [2.24, 2.45) is 0 Å². The lowest BCUT2D eigenvalue weighted by molar-refractivity contribution is 0.405. The fraction of sp³-hybridized carbons (Fsp3) is 0.0536. The van der Waals surface area contributed by atoms with E-state index in [1.54, 1.807) is 0 Å². The molecule has 0 radical (unpaired) electrons. The quantitative estimate of drug-likeness (QED) is 0.104. The SMILES string of the molecule is CC1(C)c2ccccc2N(c2cccc3c2Oc2c(-c4nc(-c5ccccc5)nc(-c5ccccc5)n4)cccc2C3(C)Cc2ccc(-n3c4ccccc4c4cc(-n5c6ccccc6c6ccccc65)ccc43)c(-c3nc(-c4ccccc4)cc(-c4cccc5c6ccccc6n(-c6nc(-c7ccccc7)nc(-c7ccccc7)n6)c45)n3)c2)c2ccccc21. The maximum Gasteiger partial charge on any atom is 0.238 e. The summed E-state index contributed by atoms with van der Waals surface area (Å²) in [5.74, 6) is 5.06. The normalized spacial score (nSPS) is 13.9. The minimum absolute atomic E-state index is 0.327. The van der Waals surface area contributed by atoms with Gasteiger partial charge in [-0.1, -0.05) is 330 Å².